The van der Waals surface area contributed by atoms with Gasteiger partial charge in [-0.25, -0.2) is 9.59 Å². The molecule has 6 nitrogen and oxygen atoms in total. The van der Waals surface area contributed by atoms with Gasteiger partial charge in [-0.05, 0) is 0 Å². The van der Waals surface area contributed by atoms with Crippen LogP contribution in [0, 0.1) is 0 Å². The lowest BCUT2D eigenvalue weighted by molar-refractivity contribution is -0.136. The second-order valence-corrected chi connectivity index (χ2v) is 2.66. The average Bonchev–Trinajstić information content (AvgIpc) is 2.23. The molecule has 0 saturated carbocycles. The van der Waals surface area contributed by atoms with Gasteiger partial charge in [-0.1, -0.05) is 30.3 Å². The van der Waals surface area contributed by atoms with Crippen LogP contribution in [0.4, 0.5) is 0 Å². The molecule has 0 unspecified atom stereocenters. The molecule has 0 aliphatic rings. The van der Waals surface area contributed by atoms with Crippen LogP contribution in [0.3, 0.4) is 0 Å². The zero-order valence-corrected chi connectivity index (χ0v) is 9.42. The zero-order chi connectivity index (χ0) is 13.8. The fourth-order valence-corrected chi connectivity index (χ4v) is 0.575. The lowest BCUT2D eigenvalue weighted by Gasteiger charge is -1.88. The highest BCUT2D eigenvalue weighted by Crippen LogP contribution is 1.94. The molecule has 0 saturated heterocycles. The summed E-state index contributed by atoms with van der Waals surface area (Å²) in [7, 11) is 0. The Morgan fingerprint density at radius 3 is 1.82 bits per heavy atom. The molecule has 0 aliphatic heterocycles. The van der Waals surface area contributed by atoms with E-state index < -0.39 is 17.9 Å². The van der Waals surface area contributed by atoms with Crippen LogP contribution in [-0.4, -0.2) is 33.2 Å². The maximum atomic E-state index is 10.1. The van der Waals surface area contributed by atoms with Gasteiger partial charge in [-0.2, -0.15) is 0 Å². The summed E-state index contributed by atoms with van der Waals surface area (Å²) >= 11 is 5.00. The molecule has 0 atom stereocenters. The lowest BCUT2D eigenvalue weighted by atomic mass is 10.2. The van der Waals surface area contributed by atoms with Crippen molar-refractivity contribution in [1.29, 1.82) is 0 Å². The average molecular weight is 263 g/mol. The van der Waals surface area contributed by atoms with Crippen LogP contribution in [0.5, 0.6) is 0 Å². The summed E-state index contributed by atoms with van der Waals surface area (Å²) < 4.78 is 0. The summed E-state index contributed by atoms with van der Waals surface area (Å²) in [5.41, 5.74) is 0.862. The quantitative estimate of drug-likeness (QED) is 0.511. The Balaban J connectivity index is 0. The molecule has 17 heavy (non-hydrogen) atoms. The minimum atomic E-state index is -1.29. The van der Waals surface area contributed by atoms with Gasteiger partial charge in [0.1, 0.15) is 0 Å². The van der Waals surface area contributed by atoms with Gasteiger partial charge in [0.25, 0.3) is 0 Å². The second kappa shape index (κ2) is 10.4. The molecular weight excluding hydrogens is 252 g/mol. The number of rotatable bonds is 5. The highest BCUT2D eigenvalue weighted by atomic mass is 35.5. The standard InChI is InChI=1S/C6H6O4.C4H5ClO2/c1-2-4(6(9)10)3-5(7)8;5-3-1-2-4(6)7/h2-3H,1H2,(H,7,8)(H,9,10);1,3H,2H2,(H,6,7)/b4-3-;. The number of carbonyl (C=O) groups is 3. The molecular formula is C10H11ClO6. The number of hydrogen-bond donors (Lipinski definition) is 3. The predicted molar refractivity (Wildman–Crippen MR) is 60.8 cm³/mol. The molecule has 0 aromatic rings. The monoisotopic (exact) mass is 262 g/mol. The van der Waals surface area contributed by atoms with Crippen molar-refractivity contribution in [1.82, 2.24) is 0 Å². The van der Waals surface area contributed by atoms with Gasteiger partial charge in [0, 0.05) is 11.6 Å². The van der Waals surface area contributed by atoms with Crippen LogP contribution >= 0.6 is 11.6 Å². The normalized spacial score (nSPS) is 10.3. The molecule has 0 spiro atoms. The minimum Gasteiger partial charge on any atom is -0.481 e. The van der Waals surface area contributed by atoms with Crippen molar-refractivity contribution in [2.24, 2.45) is 0 Å². The van der Waals surface area contributed by atoms with E-state index >= 15 is 0 Å². The van der Waals surface area contributed by atoms with Gasteiger partial charge in [0.2, 0.25) is 0 Å². The largest absolute Gasteiger partial charge is 0.481 e. The first-order valence-corrected chi connectivity index (χ1v) is 4.56. The molecule has 0 rings (SSSR count). The van der Waals surface area contributed by atoms with Crippen molar-refractivity contribution in [3.8, 4) is 0 Å². The molecule has 0 radical (unpaired) electrons. The lowest BCUT2D eigenvalue weighted by Crippen LogP contribution is -2.00. The summed E-state index contributed by atoms with van der Waals surface area (Å²) in [5, 5.41) is 24.2. The van der Waals surface area contributed by atoms with E-state index in [1.165, 1.54) is 11.6 Å². The van der Waals surface area contributed by atoms with E-state index in [1.54, 1.807) is 0 Å². The number of halogens is 1. The van der Waals surface area contributed by atoms with Gasteiger partial charge in [0.05, 0.1) is 12.0 Å². The van der Waals surface area contributed by atoms with Crippen molar-refractivity contribution in [3.05, 3.63) is 35.9 Å². The van der Waals surface area contributed by atoms with E-state index in [0.29, 0.717) is 6.08 Å². The molecule has 0 aromatic carbocycles. The first-order chi connectivity index (χ1) is 7.84. The third-order valence-corrected chi connectivity index (χ3v) is 1.31. The fraction of sp³-hybridized carbons (Fsp3) is 0.100. The Hall–Kier alpha value is -2.08. The molecule has 0 aliphatic carbocycles. The maximum Gasteiger partial charge on any atom is 0.335 e. The smallest absolute Gasteiger partial charge is 0.335 e. The van der Waals surface area contributed by atoms with Crippen LogP contribution in [0.2, 0.25) is 0 Å². The molecule has 0 amide bonds. The van der Waals surface area contributed by atoms with Crippen molar-refractivity contribution >= 4 is 29.5 Å². The van der Waals surface area contributed by atoms with Crippen molar-refractivity contribution in [2.45, 2.75) is 6.42 Å². The number of carboxylic acid groups (broad SMARTS) is 3. The number of aliphatic carboxylic acids is 3. The van der Waals surface area contributed by atoms with E-state index in [2.05, 4.69) is 6.58 Å². The van der Waals surface area contributed by atoms with Crippen LogP contribution in [-0.2, 0) is 14.4 Å². The van der Waals surface area contributed by atoms with Gasteiger partial charge in [-0.15, -0.1) is 0 Å². The molecule has 7 heteroatoms. The Bertz CT molecular complexity index is 356. The highest BCUT2D eigenvalue weighted by molar-refractivity contribution is 6.25. The fourth-order valence-electron chi connectivity index (χ4n) is 0.486. The van der Waals surface area contributed by atoms with Gasteiger partial charge in [-0.3, -0.25) is 4.79 Å². The van der Waals surface area contributed by atoms with Crippen molar-refractivity contribution in [3.63, 3.8) is 0 Å². The van der Waals surface area contributed by atoms with Crippen LogP contribution in [0.15, 0.2) is 35.9 Å². The topological polar surface area (TPSA) is 112 Å². The van der Waals surface area contributed by atoms with Gasteiger partial charge < -0.3 is 15.3 Å². The van der Waals surface area contributed by atoms with Crippen molar-refractivity contribution < 1.29 is 29.7 Å². The molecule has 3 N–H and O–H groups in total. The van der Waals surface area contributed by atoms with E-state index in [0.717, 1.165) is 6.08 Å². The summed E-state index contributed by atoms with van der Waals surface area (Å²) in [6.45, 7) is 3.12. The SMILES string of the molecule is C=C/C(=C/C(=O)O)C(=O)O.O=C(O)CC=CCl. The third kappa shape index (κ3) is 13.9. The second-order valence-electron chi connectivity index (χ2n) is 2.41. The number of carboxylic acids is 3. The Morgan fingerprint density at radius 2 is 1.71 bits per heavy atom. The zero-order valence-electron chi connectivity index (χ0n) is 8.67. The minimum absolute atomic E-state index is 0.00347. The van der Waals surface area contributed by atoms with E-state index in [-0.39, 0.29) is 12.0 Å². The Labute approximate surface area is 102 Å². The van der Waals surface area contributed by atoms with Gasteiger partial charge >= 0.3 is 17.9 Å². The van der Waals surface area contributed by atoms with Crippen LogP contribution in [0.25, 0.3) is 0 Å². The van der Waals surface area contributed by atoms with E-state index in [9.17, 15) is 14.4 Å². The highest BCUT2D eigenvalue weighted by Gasteiger charge is 2.03. The first kappa shape index (κ1) is 17.3. The summed E-state index contributed by atoms with van der Waals surface area (Å²) in [6, 6.07) is 0. The Morgan fingerprint density at radius 1 is 1.18 bits per heavy atom. The summed E-state index contributed by atoms with van der Waals surface area (Å²) in [6.07, 6.45) is 2.92. The van der Waals surface area contributed by atoms with E-state index in [4.69, 9.17) is 26.9 Å². The third-order valence-electron chi connectivity index (χ3n) is 1.13. The van der Waals surface area contributed by atoms with Crippen LogP contribution in [0.1, 0.15) is 6.42 Å². The molecule has 0 aromatic heterocycles. The Kier molecular flexibility index (Phi) is 10.6. The summed E-state index contributed by atoms with van der Waals surface area (Å²) in [4.78, 5) is 29.6. The molecule has 0 heterocycles. The molecule has 94 valence electrons. The summed E-state index contributed by atoms with van der Waals surface area (Å²) in [5.74, 6) is -3.45. The number of hydrogen-bond acceptors (Lipinski definition) is 3. The first-order valence-electron chi connectivity index (χ1n) is 4.12. The van der Waals surface area contributed by atoms with E-state index in [1.807, 2.05) is 0 Å². The predicted octanol–water partition coefficient (Wildman–Crippen LogP) is 1.48. The van der Waals surface area contributed by atoms with Crippen LogP contribution < -0.4 is 0 Å². The van der Waals surface area contributed by atoms with Crippen molar-refractivity contribution in [2.75, 3.05) is 0 Å². The maximum absolute atomic E-state index is 10.1. The molecule has 0 bridgehead atoms. The van der Waals surface area contributed by atoms with Gasteiger partial charge in [0.15, 0.2) is 0 Å². The molecule has 0 fully saturated rings.